The van der Waals surface area contributed by atoms with Crippen LogP contribution in [0.1, 0.15) is 63.6 Å². The molecule has 2 amide bonds. The van der Waals surface area contributed by atoms with E-state index in [4.69, 9.17) is 4.74 Å². The fourth-order valence-corrected chi connectivity index (χ4v) is 3.53. The van der Waals surface area contributed by atoms with Gasteiger partial charge in [0.1, 0.15) is 11.8 Å². The lowest BCUT2D eigenvalue weighted by Crippen LogP contribution is -2.50. The summed E-state index contributed by atoms with van der Waals surface area (Å²) in [6, 6.07) is 15.3. The van der Waals surface area contributed by atoms with Gasteiger partial charge in [-0.25, -0.2) is 0 Å². The number of hydrogen-bond acceptors (Lipinski definition) is 3. The van der Waals surface area contributed by atoms with Gasteiger partial charge in [-0.15, -0.1) is 0 Å². The Bertz CT molecular complexity index is 875. The van der Waals surface area contributed by atoms with E-state index in [1.165, 1.54) is 5.56 Å². The van der Waals surface area contributed by atoms with Crippen molar-refractivity contribution in [3.63, 3.8) is 0 Å². The maximum Gasteiger partial charge on any atom is 0.261 e. The second-order valence-electron chi connectivity index (χ2n) is 9.09. The lowest BCUT2D eigenvalue weighted by molar-refractivity contribution is -0.143. The van der Waals surface area contributed by atoms with Crippen molar-refractivity contribution in [3.8, 4) is 5.75 Å². The zero-order valence-electron chi connectivity index (χ0n) is 20.4. The fourth-order valence-electron chi connectivity index (χ4n) is 3.53. The van der Waals surface area contributed by atoms with Crippen LogP contribution in [0.4, 0.5) is 0 Å². The van der Waals surface area contributed by atoms with E-state index in [1.54, 1.807) is 4.90 Å². The van der Waals surface area contributed by atoms with Crippen molar-refractivity contribution in [2.75, 3.05) is 13.2 Å². The minimum absolute atomic E-state index is 0.110. The molecule has 0 bridgehead atoms. The van der Waals surface area contributed by atoms with Gasteiger partial charge in [0.05, 0.1) is 0 Å². The lowest BCUT2D eigenvalue weighted by Gasteiger charge is -2.31. The summed E-state index contributed by atoms with van der Waals surface area (Å²) >= 11 is 0. The highest BCUT2D eigenvalue weighted by Gasteiger charge is 2.29. The van der Waals surface area contributed by atoms with Crippen molar-refractivity contribution in [2.24, 2.45) is 5.92 Å². The van der Waals surface area contributed by atoms with Gasteiger partial charge in [0.15, 0.2) is 6.61 Å². The molecule has 32 heavy (non-hydrogen) atoms. The highest BCUT2D eigenvalue weighted by Crippen LogP contribution is 2.19. The van der Waals surface area contributed by atoms with Gasteiger partial charge in [-0.05, 0) is 48.4 Å². The van der Waals surface area contributed by atoms with Crippen LogP contribution in [-0.2, 0) is 16.1 Å². The summed E-state index contributed by atoms with van der Waals surface area (Å²) in [7, 11) is 0. The monoisotopic (exact) mass is 438 g/mol. The number of nitrogens with one attached hydrogen (secondary N) is 1. The third-order valence-corrected chi connectivity index (χ3v) is 5.41. The number of amides is 2. The summed E-state index contributed by atoms with van der Waals surface area (Å²) in [6.07, 6.45) is 0.532. The first-order chi connectivity index (χ1) is 15.2. The smallest absolute Gasteiger partial charge is 0.261 e. The molecule has 1 atom stereocenters. The molecule has 0 heterocycles. The topological polar surface area (TPSA) is 58.6 Å². The summed E-state index contributed by atoms with van der Waals surface area (Å²) in [6.45, 7) is 13.2. The zero-order valence-corrected chi connectivity index (χ0v) is 20.4. The number of rotatable bonds is 11. The summed E-state index contributed by atoms with van der Waals surface area (Å²) in [5, 5.41) is 2.98. The molecule has 0 radical (unpaired) electrons. The average Bonchev–Trinajstić information content (AvgIpc) is 2.76. The SMILES string of the molecule is CCC(C(=O)NCC(C)C)N(Cc1cccc(C)c1)C(=O)COc1ccc(C(C)C)cc1. The van der Waals surface area contributed by atoms with Gasteiger partial charge in [-0.1, -0.05) is 76.6 Å². The highest BCUT2D eigenvalue weighted by atomic mass is 16.5. The summed E-state index contributed by atoms with van der Waals surface area (Å²) in [4.78, 5) is 27.8. The fraction of sp³-hybridized carbons (Fsp3) is 0.481. The molecule has 0 fully saturated rings. The van der Waals surface area contributed by atoms with Gasteiger partial charge in [-0.2, -0.15) is 0 Å². The van der Waals surface area contributed by atoms with Gasteiger partial charge >= 0.3 is 0 Å². The Morgan fingerprint density at radius 2 is 1.72 bits per heavy atom. The lowest BCUT2D eigenvalue weighted by atomic mass is 10.0. The van der Waals surface area contributed by atoms with E-state index in [-0.39, 0.29) is 18.4 Å². The van der Waals surface area contributed by atoms with Crippen molar-refractivity contribution in [1.82, 2.24) is 10.2 Å². The van der Waals surface area contributed by atoms with E-state index in [9.17, 15) is 9.59 Å². The van der Waals surface area contributed by atoms with Crippen LogP contribution in [0.25, 0.3) is 0 Å². The molecular formula is C27H38N2O3. The van der Waals surface area contributed by atoms with E-state index >= 15 is 0 Å². The molecule has 5 heteroatoms. The largest absolute Gasteiger partial charge is 0.484 e. The van der Waals surface area contributed by atoms with Crippen LogP contribution in [0.3, 0.4) is 0 Å². The first-order valence-electron chi connectivity index (χ1n) is 11.6. The van der Waals surface area contributed by atoms with Crippen LogP contribution in [-0.4, -0.2) is 35.9 Å². The number of carbonyl (C=O) groups is 2. The van der Waals surface area contributed by atoms with E-state index in [2.05, 4.69) is 33.0 Å². The summed E-state index contributed by atoms with van der Waals surface area (Å²) < 4.78 is 5.79. The number of aryl methyl sites for hydroxylation is 1. The Balaban J connectivity index is 2.17. The van der Waals surface area contributed by atoms with Crippen LogP contribution in [0, 0.1) is 12.8 Å². The molecule has 2 aromatic rings. The molecular weight excluding hydrogens is 400 g/mol. The van der Waals surface area contributed by atoms with Crippen LogP contribution in [0.2, 0.25) is 0 Å². The minimum Gasteiger partial charge on any atom is -0.484 e. The Morgan fingerprint density at radius 1 is 1.03 bits per heavy atom. The van der Waals surface area contributed by atoms with Crippen molar-refractivity contribution in [3.05, 3.63) is 65.2 Å². The van der Waals surface area contributed by atoms with E-state index in [1.807, 2.05) is 62.4 Å². The maximum atomic E-state index is 13.2. The van der Waals surface area contributed by atoms with Crippen molar-refractivity contribution >= 4 is 11.8 Å². The molecule has 0 saturated carbocycles. The van der Waals surface area contributed by atoms with Gasteiger partial charge in [0.2, 0.25) is 5.91 Å². The predicted octanol–water partition coefficient (Wildman–Crippen LogP) is 5.08. The summed E-state index contributed by atoms with van der Waals surface area (Å²) in [5.41, 5.74) is 3.33. The Morgan fingerprint density at radius 3 is 2.28 bits per heavy atom. The molecule has 1 unspecified atom stereocenters. The third-order valence-electron chi connectivity index (χ3n) is 5.41. The Kier molecular flexibility index (Phi) is 9.76. The van der Waals surface area contributed by atoms with Crippen LogP contribution < -0.4 is 10.1 Å². The van der Waals surface area contributed by atoms with E-state index in [0.29, 0.717) is 37.1 Å². The van der Waals surface area contributed by atoms with Gasteiger partial charge in [0, 0.05) is 13.1 Å². The summed E-state index contributed by atoms with van der Waals surface area (Å²) in [5.74, 6) is 1.10. The average molecular weight is 439 g/mol. The maximum absolute atomic E-state index is 13.2. The van der Waals surface area contributed by atoms with Crippen molar-refractivity contribution in [2.45, 2.75) is 66.5 Å². The Labute approximate surface area is 193 Å². The number of ether oxygens (including phenoxy) is 1. The van der Waals surface area contributed by atoms with Gasteiger partial charge < -0.3 is 15.0 Å². The zero-order chi connectivity index (χ0) is 23.7. The van der Waals surface area contributed by atoms with Gasteiger partial charge in [-0.3, -0.25) is 9.59 Å². The normalized spacial score (nSPS) is 12.0. The van der Waals surface area contributed by atoms with E-state index in [0.717, 1.165) is 11.1 Å². The molecule has 174 valence electrons. The third kappa shape index (κ3) is 7.70. The molecule has 0 spiro atoms. The number of hydrogen-bond donors (Lipinski definition) is 1. The molecule has 0 aliphatic rings. The van der Waals surface area contributed by atoms with Crippen molar-refractivity contribution in [1.29, 1.82) is 0 Å². The van der Waals surface area contributed by atoms with Gasteiger partial charge in [0.25, 0.3) is 5.91 Å². The van der Waals surface area contributed by atoms with Crippen LogP contribution >= 0.6 is 0 Å². The number of benzene rings is 2. The first kappa shape index (κ1) is 25.4. The van der Waals surface area contributed by atoms with Crippen LogP contribution in [0.5, 0.6) is 5.75 Å². The molecule has 1 N–H and O–H groups in total. The Hall–Kier alpha value is -2.82. The van der Waals surface area contributed by atoms with Crippen LogP contribution in [0.15, 0.2) is 48.5 Å². The second kappa shape index (κ2) is 12.3. The number of carbonyl (C=O) groups excluding carboxylic acids is 2. The number of nitrogens with zero attached hydrogens (tertiary/aromatic N) is 1. The predicted molar refractivity (Wildman–Crippen MR) is 130 cm³/mol. The molecule has 2 aromatic carbocycles. The minimum atomic E-state index is -0.548. The van der Waals surface area contributed by atoms with E-state index < -0.39 is 6.04 Å². The highest BCUT2D eigenvalue weighted by molar-refractivity contribution is 5.88. The molecule has 0 aliphatic heterocycles. The first-order valence-corrected chi connectivity index (χ1v) is 11.6. The molecule has 0 aliphatic carbocycles. The second-order valence-corrected chi connectivity index (χ2v) is 9.09. The molecule has 0 saturated heterocycles. The molecule has 5 nitrogen and oxygen atoms in total. The van der Waals surface area contributed by atoms with Crippen molar-refractivity contribution < 1.29 is 14.3 Å². The molecule has 2 rings (SSSR count). The quantitative estimate of drug-likeness (QED) is 0.532. The standard InChI is InChI=1S/C27H38N2O3/c1-7-25(27(31)28-16-19(2)3)29(17-22-10-8-9-21(6)15-22)26(30)18-32-24-13-11-23(12-14-24)20(4)5/h8-15,19-20,25H,7,16-18H2,1-6H3,(H,28,31). The molecule has 0 aromatic heterocycles.